The Kier molecular flexibility index (Phi) is 6.52. The minimum Gasteiger partial charge on any atom is -0.462 e. The lowest BCUT2D eigenvalue weighted by atomic mass is 9.73. The molecule has 0 aromatic carbocycles. The van der Waals surface area contributed by atoms with Crippen molar-refractivity contribution in [3.8, 4) is 0 Å². The first-order valence-corrected chi connectivity index (χ1v) is 9.14. The van der Waals surface area contributed by atoms with Gasteiger partial charge in [-0.15, -0.1) is 0 Å². The number of hydrogen-bond acceptors (Lipinski definition) is 5. The lowest BCUT2D eigenvalue weighted by molar-refractivity contribution is 0.0478. The van der Waals surface area contributed by atoms with Gasteiger partial charge < -0.3 is 24.9 Å². The highest BCUT2D eigenvalue weighted by Gasteiger charge is 2.38. The van der Waals surface area contributed by atoms with Gasteiger partial charge in [-0.05, 0) is 51.7 Å². The molecule has 2 rings (SSSR count). The summed E-state index contributed by atoms with van der Waals surface area (Å²) in [5, 5.41) is 15.7. The van der Waals surface area contributed by atoms with Crippen LogP contribution in [0.25, 0.3) is 0 Å². The van der Waals surface area contributed by atoms with E-state index in [1.54, 1.807) is 6.07 Å². The predicted octanol–water partition coefficient (Wildman–Crippen LogP) is 3.34. The first-order valence-electron chi connectivity index (χ1n) is 9.14. The van der Waals surface area contributed by atoms with Crippen LogP contribution >= 0.6 is 0 Å². The fourth-order valence-corrected chi connectivity index (χ4v) is 3.41. The number of ether oxygens (including phenoxy) is 1. The quantitative estimate of drug-likeness (QED) is 0.731. The average molecular weight is 352 g/mol. The molecule has 0 aliphatic heterocycles. The molecular formula is C19H32N2O4. The summed E-state index contributed by atoms with van der Waals surface area (Å²) in [6.45, 7) is 8.81. The molecule has 0 saturated heterocycles. The number of carbonyl (C=O) groups excluding carboxylic acids is 1. The van der Waals surface area contributed by atoms with Gasteiger partial charge in [0, 0.05) is 12.1 Å². The molecule has 1 aromatic heterocycles. The van der Waals surface area contributed by atoms with Crippen molar-refractivity contribution in [2.24, 2.45) is 5.92 Å². The topological polar surface area (TPSA) is 83.7 Å². The molecule has 2 unspecified atom stereocenters. The van der Waals surface area contributed by atoms with Crippen molar-refractivity contribution >= 4 is 6.09 Å². The number of aliphatic hydroxyl groups is 1. The molecule has 6 nitrogen and oxygen atoms in total. The Balaban J connectivity index is 1.99. The first kappa shape index (κ1) is 19.8. The van der Waals surface area contributed by atoms with E-state index >= 15 is 0 Å². The second-order valence-electron chi connectivity index (χ2n) is 8.04. The van der Waals surface area contributed by atoms with E-state index in [9.17, 15) is 4.79 Å². The number of nitrogens with one attached hydrogen (secondary N) is 2. The van der Waals surface area contributed by atoms with E-state index in [4.69, 9.17) is 14.3 Å². The molecule has 1 saturated carbocycles. The van der Waals surface area contributed by atoms with Crippen LogP contribution in [0.5, 0.6) is 0 Å². The maximum atomic E-state index is 12.1. The van der Waals surface area contributed by atoms with Crippen molar-refractivity contribution in [1.82, 2.24) is 10.6 Å². The number of amides is 1. The molecule has 25 heavy (non-hydrogen) atoms. The summed E-state index contributed by atoms with van der Waals surface area (Å²) >= 11 is 0. The molecule has 1 aliphatic rings. The van der Waals surface area contributed by atoms with E-state index in [1.807, 2.05) is 26.8 Å². The van der Waals surface area contributed by atoms with Gasteiger partial charge in [-0.3, -0.25) is 0 Å². The van der Waals surface area contributed by atoms with Crippen LogP contribution in [-0.2, 0) is 17.9 Å². The smallest absolute Gasteiger partial charge is 0.407 e. The Morgan fingerprint density at radius 3 is 2.68 bits per heavy atom. The van der Waals surface area contributed by atoms with Crippen molar-refractivity contribution in [1.29, 1.82) is 0 Å². The van der Waals surface area contributed by atoms with Crippen molar-refractivity contribution in [3.05, 3.63) is 23.7 Å². The molecule has 1 aromatic rings. The Bertz CT molecular complexity index is 564. The van der Waals surface area contributed by atoms with Crippen LogP contribution in [0.15, 0.2) is 16.5 Å². The number of furan rings is 1. The van der Waals surface area contributed by atoms with Gasteiger partial charge in [0.2, 0.25) is 0 Å². The summed E-state index contributed by atoms with van der Waals surface area (Å²) in [5.41, 5.74) is -0.682. The predicted molar refractivity (Wildman–Crippen MR) is 96.1 cm³/mol. The van der Waals surface area contributed by atoms with Gasteiger partial charge in [-0.25, -0.2) is 4.79 Å². The van der Waals surface area contributed by atoms with E-state index < -0.39 is 5.60 Å². The van der Waals surface area contributed by atoms with Gasteiger partial charge >= 0.3 is 6.09 Å². The van der Waals surface area contributed by atoms with Gasteiger partial charge in [0.15, 0.2) is 0 Å². The van der Waals surface area contributed by atoms with Crippen LogP contribution in [0, 0.1) is 5.92 Å². The Morgan fingerprint density at radius 1 is 1.36 bits per heavy atom. The fourth-order valence-electron chi connectivity index (χ4n) is 3.41. The number of alkyl carbamates (subject to hydrolysis) is 1. The Labute approximate surface area is 150 Å². The highest BCUT2D eigenvalue weighted by molar-refractivity contribution is 5.67. The van der Waals surface area contributed by atoms with Crippen molar-refractivity contribution in [2.75, 3.05) is 6.54 Å². The summed E-state index contributed by atoms with van der Waals surface area (Å²) in [5.74, 6) is 1.79. The molecule has 2 atom stereocenters. The summed E-state index contributed by atoms with van der Waals surface area (Å²) < 4.78 is 10.9. The van der Waals surface area contributed by atoms with E-state index in [1.165, 1.54) is 6.42 Å². The van der Waals surface area contributed by atoms with E-state index in [2.05, 4.69) is 17.6 Å². The number of hydrogen-bond donors (Lipinski definition) is 3. The van der Waals surface area contributed by atoms with Gasteiger partial charge in [-0.1, -0.05) is 19.8 Å². The Morgan fingerprint density at radius 2 is 2.08 bits per heavy atom. The molecule has 1 aliphatic carbocycles. The summed E-state index contributed by atoms with van der Waals surface area (Å²) in [7, 11) is 0. The highest BCUT2D eigenvalue weighted by Crippen LogP contribution is 2.33. The molecule has 1 heterocycles. The van der Waals surface area contributed by atoms with Crippen LogP contribution < -0.4 is 10.6 Å². The number of rotatable bonds is 6. The third kappa shape index (κ3) is 5.75. The molecule has 6 heteroatoms. The second-order valence-corrected chi connectivity index (χ2v) is 8.04. The second kappa shape index (κ2) is 8.23. The average Bonchev–Trinajstić information content (AvgIpc) is 3.00. The third-order valence-electron chi connectivity index (χ3n) is 4.89. The van der Waals surface area contributed by atoms with Crippen LogP contribution in [-0.4, -0.2) is 28.9 Å². The monoisotopic (exact) mass is 352 g/mol. The molecule has 142 valence electrons. The zero-order valence-electron chi connectivity index (χ0n) is 15.9. The van der Waals surface area contributed by atoms with Crippen LogP contribution in [0.4, 0.5) is 4.79 Å². The lowest BCUT2D eigenvalue weighted by Crippen LogP contribution is -2.58. The molecule has 3 N–H and O–H groups in total. The first-order chi connectivity index (χ1) is 11.7. The molecule has 0 bridgehead atoms. The molecular weight excluding hydrogens is 320 g/mol. The van der Waals surface area contributed by atoms with Crippen LogP contribution in [0.2, 0.25) is 0 Å². The van der Waals surface area contributed by atoms with E-state index in [0.29, 0.717) is 24.8 Å². The number of carbonyl (C=O) groups is 1. The summed E-state index contributed by atoms with van der Waals surface area (Å²) in [6.07, 6.45) is 4.09. The van der Waals surface area contributed by atoms with Gasteiger partial charge in [0.25, 0.3) is 0 Å². The minimum absolute atomic E-state index is 0.0955. The number of aliphatic hydroxyl groups excluding tert-OH is 1. The van der Waals surface area contributed by atoms with Crippen LogP contribution in [0.3, 0.4) is 0 Å². The molecule has 1 fully saturated rings. The van der Waals surface area contributed by atoms with Gasteiger partial charge in [0.1, 0.15) is 23.7 Å². The zero-order valence-corrected chi connectivity index (χ0v) is 15.9. The minimum atomic E-state index is -0.502. The van der Waals surface area contributed by atoms with Crippen molar-refractivity contribution < 1.29 is 19.1 Å². The third-order valence-corrected chi connectivity index (χ3v) is 4.89. The van der Waals surface area contributed by atoms with Gasteiger partial charge in [-0.2, -0.15) is 0 Å². The molecule has 0 spiro atoms. The normalized spacial score (nSPS) is 24.1. The van der Waals surface area contributed by atoms with Crippen LogP contribution in [0.1, 0.15) is 64.9 Å². The van der Waals surface area contributed by atoms with Crippen molar-refractivity contribution in [2.45, 2.75) is 77.7 Å². The van der Waals surface area contributed by atoms with E-state index in [-0.39, 0.29) is 18.2 Å². The lowest BCUT2D eigenvalue weighted by Gasteiger charge is -2.43. The SMILES string of the molecule is CC1CCCCC1(CNC(=O)OC(C)(C)C)NCc1ccc(CO)o1. The summed E-state index contributed by atoms with van der Waals surface area (Å²) in [4.78, 5) is 12.1. The van der Waals surface area contributed by atoms with E-state index in [0.717, 1.165) is 25.0 Å². The highest BCUT2D eigenvalue weighted by atomic mass is 16.6. The van der Waals surface area contributed by atoms with Crippen molar-refractivity contribution in [3.63, 3.8) is 0 Å². The molecule has 0 radical (unpaired) electrons. The fraction of sp³-hybridized carbons (Fsp3) is 0.737. The maximum Gasteiger partial charge on any atom is 0.407 e. The standard InChI is InChI=1S/C19H32N2O4/c1-14-7-5-6-10-19(14,13-20-17(23)25-18(2,3)4)21-11-15-8-9-16(12-22)24-15/h8-9,14,21-22H,5-7,10-13H2,1-4H3,(H,20,23). The molecule has 1 amide bonds. The van der Waals surface area contributed by atoms with Gasteiger partial charge in [0.05, 0.1) is 6.54 Å². The zero-order chi connectivity index (χ0) is 18.5. The Hall–Kier alpha value is -1.53. The summed E-state index contributed by atoms with van der Waals surface area (Å²) in [6, 6.07) is 3.66. The largest absolute Gasteiger partial charge is 0.462 e. The maximum absolute atomic E-state index is 12.1.